The van der Waals surface area contributed by atoms with E-state index in [0.29, 0.717) is 5.56 Å². The van der Waals surface area contributed by atoms with Gasteiger partial charge >= 0.3 is 0 Å². The van der Waals surface area contributed by atoms with E-state index in [9.17, 15) is 12.8 Å². The topological polar surface area (TPSA) is 46.2 Å². The SMILES string of the molecule is Cc1cc(C)c([C@H](C)NS(=O)(=O)c2ccc(F)cc2C)cc1C. The molecule has 5 heteroatoms. The van der Waals surface area contributed by atoms with Crippen LogP contribution in [0.15, 0.2) is 35.2 Å². The van der Waals surface area contributed by atoms with Crippen LogP contribution in [0.3, 0.4) is 0 Å². The average Bonchev–Trinajstić information content (AvgIpc) is 2.41. The van der Waals surface area contributed by atoms with Crippen molar-refractivity contribution in [2.24, 2.45) is 0 Å². The number of benzene rings is 2. The highest BCUT2D eigenvalue weighted by atomic mass is 32.2. The van der Waals surface area contributed by atoms with E-state index in [1.807, 2.05) is 33.8 Å². The standard InChI is InChI=1S/C18H22FNO2S/c1-11-8-13(3)17(10-12(11)2)15(5)20-23(21,22)18-7-6-16(19)9-14(18)4/h6-10,15,20H,1-5H3/t15-/m0/s1. The summed E-state index contributed by atoms with van der Waals surface area (Å²) in [6.45, 7) is 9.40. The van der Waals surface area contributed by atoms with Crippen molar-refractivity contribution < 1.29 is 12.8 Å². The monoisotopic (exact) mass is 335 g/mol. The number of rotatable bonds is 4. The Morgan fingerprint density at radius 1 is 0.913 bits per heavy atom. The molecule has 0 heterocycles. The van der Waals surface area contributed by atoms with Crippen molar-refractivity contribution in [3.63, 3.8) is 0 Å². The second kappa shape index (κ2) is 6.42. The lowest BCUT2D eigenvalue weighted by atomic mass is 9.97. The van der Waals surface area contributed by atoms with Crippen molar-refractivity contribution in [1.82, 2.24) is 4.72 Å². The van der Waals surface area contributed by atoms with Gasteiger partial charge in [-0.2, -0.15) is 0 Å². The van der Waals surface area contributed by atoms with Gasteiger partial charge in [0.2, 0.25) is 10.0 Å². The lowest BCUT2D eigenvalue weighted by Gasteiger charge is -2.19. The molecule has 23 heavy (non-hydrogen) atoms. The van der Waals surface area contributed by atoms with Crippen LogP contribution < -0.4 is 4.72 Å². The van der Waals surface area contributed by atoms with Crippen molar-refractivity contribution in [1.29, 1.82) is 0 Å². The molecule has 0 unspecified atom stereocenters. The highest BCUT2D eigenvalue weighted by molar-refractivity contribution is 7.89. The molecular formula is C18H22FNO2S. The first kappa shape index (κ1) is 17.6. The molecule has 2 aromatic rings. The molecule has 0 aliphatic heterocycles. The van der Waals surface area contributed by atoms with Crippen molar-refractivity contribution in [3.05, 3.63) is 64.0 Å². The Balaban J connectivity index is 2.35. The molecule has 0 saturated carbocycles. The van der Waals surface area contributed by atoms with Crippen LogP contribution in [0.4, 0.5) is 4.39 Å². The van der Waals surface area contributed by atoms with Gasteiger partial charge in [-0.3, -0.25) is 0 Å². The van der Waals surface area contributed by atoms with E-state index in [0.717, 1.165) is 22.8 Å². The van der Waals surface area contributed by atoms with Crippen LogP contribution in [0.2, 0.25) is 0 Å². The maximum absolute atomic E-state index is 13.2. The maximum atomic E-state index is 13.2. The fraction of sp³-hybridized carbons (Fsp3) is 0.333. The van der Waals surface area contributed by atoms with E-state index >= 15 is 0 Å². The highest BCUT2D eigenvalue weighted by Gasteiger charge is 2.21. The molecule has 0 amide bonds. The van der Waals surface area contributed by atoms with Gasteiger partial charge in [0.1, 0.15) is 5.82 Å². The third kappa shape index (κ3) is 3.79. The Morgan fingerprint density at radius 3 is 2.13 bits per heavy atom. The van der Waals surface area contributed by atoms with Gasteiger partial charge in [0.25, 0.3) is 0 Å². The Kier molecular flexibility index (Phi) is 4.92. The van der Waals surface area contributed by atoms with Gasteiger partial charge in [0.05, 0.1) is 4.90 Å². The largest absolute Gasteiger partial charge is 0.241 e. The van der Waals surface area contributed by atoms with Crippen LogP contribution in [-0.4, -0.2) is 8.42 Å². The summed E-state index contributed by atoms with van der Waals surface area (Å²) in [4.78, 5) is 0.104. The summed E-state index contributed by atoms with van der Waals surface area (Å²) < 4.78 is 41.0. The van der Waals surface area contributed by atoms with Crippen molar-refractivity contribution in [3.8, 4) is 0 Å². The minimum Gasteiger partial charge on any atom is -0.207 e. The Labute approximate surface area is 137 Å². The summed E-state index contributed by atoms with van der Waals surface area (Å²) in [6, 6.07) is 7.37. The van der Waals surface area contributed by atoms with Crippen LogP contribution in [0, 0.1) is 33.5 Å². The van der Waals surface area contributed by atoms with E-state index in [1.165, 1.54) is 17.7 Å². The molecule has 0 radical (unpaired) electrons. The normalized spacial score (nSPS) is 13.1. The molecule has 0 aliphatic carbocycles. The summed E-state index contributed by atoms with van der Waals surface area (Å²) in [7, 11) is -3.71. The smallest absolute Gasteiger partial charge is 0.207 e. The zero-order valence-electron chi connectivity index (χ0n) is 14.1. The molecule has 124 valence electrons. The molecule has 2 rings (SSSR count). The van der Waals surface area contributed by atoms with Gasteiger partial charge in [-0.05, 0) is 80.6 Å². The molecule has 1 atom stereocenters. The second-order valence-corrected chi connectivity index (χ2v) is 7.73. The minimum atomic E-state index is -3.71. The molecule has 1 N–H and O–H groups in total. The number of nitrogens with one attached hydrogen (secondary N) is 1. The average molecular weight is 335 g/mol. The fourth-order valence-electron chi connectivity index (χ4n) is 2.72. The van der Waals surface area contributed by atoms with Crippen LogP contribution in [0.1, 0.15) is 40.8 Å². The molecule has 0 fully saturated rings. The first-order valence-corrected chi connectivity index (χ1v) is 8.96. The molecule has 0 spiro atoms. The van der Waals surface area contributed by atoms with Crippen LogP contribution >= 0.6 is 0 Å². The van der Waals surface area contributed by atoms with Crippen LogP contribution in [0.25, 0.3) is 0 Å². The Hall–Kier alpha value is -1.72. The van der Waals surface area contributed by atoms with Gasteiger partial charge in [0.15, 0.2) is 0 Å². The molecule has 0 aromatic heterocycles. The summed E-state index contributed by atoms with van der Waals surface area (Å²) in [5.41, 5.74) is 4.67. The van der Waals surface area contributed by atoms with E-state index < -0.39 is 15.8 Å². The number of hydrogen-bond acceptors (Lipinski definition) is 2. The van der Waals surface area contributed by atoms with E-state index in [2.05, 4.69) is 10.8 Å². The zero-order chi connectivity index (χ0) is 17.4. The van der Waals surface area contributed by atoms with Crippen molar-refractivity contribution in [2.75, 3.05) is 0 Å². The van der Waals surface area contributed by atoms with Crippen LogP contribution in [0.5, 0.6) is 0 Å². The van der Waals surface area contributed by atoms with E-state index in [1.54, 1.807) is 6.92 Å². The zero-order valence-corrected chi connectivity index (χ0v) is 14.9. The molecule has 2 aromatic carbocycles. The van der Waals surface area contributed by atoms with E-state index in [4.69, 9.17) is 0 Å². The second-order valence-electron chi connectivity index (χ2n) is 6.05. The molecule has 0 aliphatic rings. The molecule has 0 bridgehead atoms. The summed E-state index contributed by atoms with van der Waals surface area (Å²) in [5.74, 6) is -0.445. The molecule has 3 nitrogen and oxygen atoms in total. The first-order valence-electron chi connectivity index (χ1n) is 7.48. The number of sulfonamides is 1. The predicted octanol–water partition coefficient (Wildman–Crippen LogP) is 4.10. The Morgan fingerprint density at radius 2 is 1.52 bits per heavy atom. The van der Waals surface area contributed by atoms with Crippen LogP contribution in [-0.2, 0) is 10.0 Å². The Bertz CT molecular complexity index is 844. The summed E-state index contributed by atoms with van der Waals surface area (Å²) >= 11 is 0. The predicted molar refractivity (Wildman–Crippen MR) is 90.5 cm³/mol. The van der Waals surface area contributed by atoms with Gasteiger partial charge in [0, 0.05) is 6.04 Å². The minimum absolute atomic E-state index is 0.104. The number of hydrogen-bond donors (Lipinski definition) is 1. The van der Waals surface area contributed by atoms with Gasteiger partial charge in [-0.1, -0.05) is 12.1 Å². The summed E-state index contributed by atoms with van der Waals surface area (Å²) in [5, 5.41) is 0. The third-order valence-corrected chi connectivity index (χ3v) is 5.81. The van der Waals surface area contributed by atoms with Crippen molar-refractivity contribution >= 4 is 10.0 Å². The van der Waals surface area contributed by atoms with Gasteiger partial charge in [-0.15, -0.1) is 0 Å². The van der Waals surface area contributed by atoms with E-state index in [-0.39, 0.29) is 10.9 Å². The quantitative estimate of drug-likeness (QED) is 0.914. The lowest BCUT2D eigenvalue weighted by molar-refractivity contribution is 0.565. The maximum Gasteiger partial charge on any atom is 0.241 e. The fourth-order valence-corrected chi connectivity index (χ4v) is 4.17. The van der Waals surface area contributed by atoms with Gasteiger partial charge in [-0.25, -0.2) is 17.5 Å². The number of halogens is 1. The highest BCUT2D eigenvalue weighted by Crippen LogP contribution is 2.24. The number of aryl methyl sites for hydroxylation is 4. The lowest BCUT2D eigenvalue weighted by Crippen LogP contribution is -2.28. The molecule has 0 saturated heterocycles. The summed E-state index contributed by atoms with van der Waals surface area (Å²) in [6.07, 6.45) is 0. The molecular weight excluding hydrogens is 313 g/mol. The van der Waals surface area contributed by atoms with Gasteiger partial charge < -0.3 is 0 Å². The first-order chi connectivity index (χ1) is 10.6. The third-order valence-electron chi connectivity index (χ3n) is 4.11. The van der Waals surface area contributed by atoms with Crippen molar-refractivity contribution in [2.45, 2.75) is 45.6 Å².